The second-order valence-electron chi connectivity index (χ2n) is 8.54. The topological polar surface area (TPSA) is 29.9 Å². The highest BCUT2D eigenvalue weighted by atomic mass is 16.3. The van der Waals surface area contributed by atoms with E-state index in [1.165, 1.54) is 42.7 Å². The van der Waals surface area contributed by atoms with E-state index in [9.17, 15) is 0 Å². The summed E-state index contributed by atoms with van der Waals surface area (Å²) >= 11 is 0. The van der Waals surface area contributed by atoms with Crippen molar-refractivity contribution in [1.29, 1.82) is 0 Å². The molecule has 1 aliphatic rings. The summed E-state index contributed by atoms with van der Waals surface area (Å²) in [6.07, 6.45) is 2.95. The van der Waals surface area contributed by atoms with Crippen molar-refractivity contribution in [3.8, 4) is 22.5 Å². The van der Waals surface area contributed by atoms with E-state index < -0.39 is 38.7 Å². The minimum atomic E-state index is -3.19. The Morgan fingerprint density at radius 3 is 2.58 bits per heavy atom. The van der Waals surface area contributed by atoms with E-state index in [0.29, 0.717) is 33.2 Å². The predicted molar refractivity (Wildman–Crippen MR) is 135 cm³/mol. The molecule has 0 N–H and O–H groups in total. The zero-order chi connectivity index (χ0) is 34.0. The number of nitrogens with zero attached hydrogens (tertiary/aromatic N) is 2. The van der Waals surface area contributed by atoms with Gasteiger partial charge < -0.3 is 4.42 Å². The summed E-state index contributed by atoms with van der Waals surface area (Å²) in [5.41, 5.74) is 0.0557. The van der Waals surface area contributed by atoms with Gasteiger partial charge >= 0.3 is 0 Å². The number of hydrogen-bond acceptors (Lipinski definition) is 2. The molecule has 6 rings (SSSR count). The van der Waals surface area contributed by atoms with Crippen molar-refractivity contribution in [3.63, 3.8) is 0 Å². The maximum Gasteiger partial charge on any atom is 0.216 e. The molecule has 0 bridgehead atoms. The number of fused-ring (bicyclic) bond motifs is 7. The molecule has 3 heterocycles. The summed E-state index contributed by atoms with van der Waals surface area (Å²) in [4.78, 5) is 4.45. The predicted octanol–water partition coefficient (Wildman–Crippen LogP) is 7.21. The Morgan fingerprint density at radius 1 is 1.00 bits per heavy atom. The molecule has 3 heteroatoms. The standard InChI is InChI=1S/C30H29N2O/c1-17(2)19-13-15-32(6)24(16-19)25-18(3)9-10-20-21-11-12-22-26(29(21)33-28(20)25)27-23(30(22,4)5)8-7-14-31-27/h7-17H,1-6H3/q+1/i1D3,2D3,4D3,5D3,17D. The van der Waals surface area contributed by atoms with Gasteiger partial charge in [0.1, 0.15) is 18.2 Å². The zero-order valence-corrected chi connectivity index (χ0v) is 18.1. The zero-order valence-electron chi connectivity index (χ0n) is 31.1. The fourth-order valence-electron chi connectivity index (χ4n) is 4.89. The summed E-state index contributed by atoms with van der Waals surface area (Å²) < 4.78 is 116. The van der Waals surface area contributed by atoms with Gasteiger partial charge in [0.05, 0.1) is 11.3 Å². The first-order chi connectivity index (χ1) is 21.1. The number of rotatable bonds is 2. The van der Waals surface area contributed by atoms with Gasteiger partial charge in [-0.05, 0) is 41.1 Å². The average molecular weight is 447 g/mol. The molecule has 0 atom stereocenters. The van der Waals surface area contributed by atoms with Crippen LogP contribution in [0.15, 0.2) is 65.3 Å². The van der Waals surface area contributed by atoms with Gasteiger partial charge in [0.25, 0.3) is 0 Å². The lowest BCUT2D eigenvalue weighted by molar-refractivity contribution is -0.660. The van der Waals surface area contributed by atoms with Crippen molar-refractivity contribution < 1.29 is 26.8 Å². The third kappa shape index (κ3) is 2.68. The van der Waals surface area contributed by atoms with Crippen molar-refractivity contribution in [3.05, 3.63) is 83.2 Å². The number of aryl methyl sites for hydroxylation is 2. The molecular formula is C30H29N2O+. The Kier molecular flexibility index (Phi) is 2.18. The van der Waals surface area contributed by atoms with E-state index in [-0.39, 0.29) is 33.5 Å². The van der Waals surface area contributed by atoms with Crippen LogP contribution in [0.3, 0.4) is 0 Å². The highest BCUT2D eigenvalue weighted by Gasteiger charge is 2.38. The molecule has 0 aliphatic heterocycles. The summed E-state index contributed by atoms with van der Waals surface area (Å²) in [6, 6.07) is 12.4. The van der Waals surface area contributed by atoms with Crippen LogP contribution < -0.4 is 4.57 Å². The largest absolute Gasteiger partial charge is 0.454 e. The minimum Gasteiger partial charge on any atom is -0.454 e. The van der Waals surface area contributed by atoms with Crippen LogP contribution in [0, 0.1) is 6.92 Å². The van der Waals surface area contributed by atoms with Crippen molar-refractivity contribution >= 4 is 21.9 Å². The number of pyridine rings is 2. The summed E-state index contributed by atoms with van der Waals surface area (Å²) in [6.45, 7) is -10.5. The van der Waals surface area contributed by atoms with Crippen molar-refractivity contribution in [2.45, 2.75) is 45.6 Å². The molecule has 0 saturated heterocycles. The van der Waals surface area contributed by atoms with E-state index in [1.54, 1.807) is 24.6 Å². The summed E-state index contributed by atoms with van der Waals surface area (Å²) in [5.74, 6) is -2.93. The van der Waals surface area contributed by atoms with E-state index >= 15 is 0 Å². The second-order valence-corrected chi connectivity index (χ2v) is 8.54. The monoisotopic (exact) mass is 446 g/mol. The quantitative estimate of drug-likeness (QED) is 0.268. The van der Waals surface area contributed by atoms with Gasteiger partial charge in [-0.25, -0.2) is 4.57 Å². The average Bonchev–Trinajstić information content (AvgIpc) is 3.45. The van der Waals surface area contributed by atoms with E-state index in [0.717, 1.165) is 0 Å². The molecule has 0 amide bonds. The minimum absolute atomic E-state index is 0.0490. The lowest BCUT2D eigenvalue weighted by Gasteiger charge is -2.20. The Balaban J connectivity index is 1.71. The first-order valence-electron chi connectivity index (χ1n) is 17.0. The van der Waals surface area contributed by atoms with Crippen LogP contribution in [-0.2, 0) is 12.5 Å². The van der Waals surface area contributed by atoms with Gasteiger partial charge in [-0.15, -0.1) is 0 Å². The second kappa shape index (κ2) is 6.77. The number of furan rings is 1. The number of benzene rings is 2. The number of aromatic nitrogens is 2. The first-order valence-corrected chi connectivity index (χ1v) is 10.5. The van der Waals surface area contributed by atoms with Crippen LogP contribution in [0.2, 0.25) is 0 Å². The number of hydrogen-bond donors (Lipinski definition) is 0. The lowest BCUT2D eigenvalue weighted by Crippen LogP contribution is -2.31. The maximum atomic E-state index is 8.73. The molecule has 164 valence electrons. The summed E-state index contributed by atoms with van der Waals surface area (Å²) in [7, 11) is 1.69. The lowest BCUT2D eigenvalue weighted by atomic mass is 9.82. The molecule has 5 aromatic rings. The van der Waals surface area contributed by atoms with Gasteiger partial charge in [0.2, 0.25) is 5.69 Å². The first kappa shape index (κ1) is 10.6. The van der Waals surface area contributed by atoms with Crippen LogP contribution in [0.1, 0.15) is 73.4 Å². The van der Waals surface area contributed by atoms with Gasteiger partial charge in [0.15, 0.2) is 6.20 Å². The van der Waals surface area contributed by atoms with E-state index in [1.807, 2.05) is 12.1 Å². The molecule has 0 spiro atoms. The van der Waals surface area contributed by atoms with Gasteiger partial charge in [-0.1, -0.05) is 57.7 Å². The van der Waals surface area contributed by atoms with Crippen LogP contribution in [0.25, 0.3) is 44.5 Å². The summed E-state index contributed by atoms with van der Waals surface area (Å²) in [5, 5.41) is 1.17. The SMILES string of the molecule is [2H]C([2H])([2H])C([2H])(c1cc[n+](C)c(-c2c(C)ccc3c2oc2c4c(ccc23)C(C([2H])([2H])[2H])(C([2H])([2H])[2H])c2cccnc2-4)c1)C([2H])([2H])[2H]. The van der Waals surface area contributed by atoms with Gasteiger partial charge in [-0.2, -0.15) is 0 Å². The molecule has 0 radical (unpaired) electrons. The molecule has 0 saturated carbocycles. The third-order valence-electron chi connectivity index (χ3n) is 6.57. The highest BCUT2D eigenvalue weighted by Crippen LogP contribution is 2.52. The van der Waals surface area contributed by atoms with E-state index in [2.05, 4.69) is 4.98 Å². The maximum absolute atomic E-state index is 8.73. The normalized spacial score (nSPS) is 21.9. The Hall–Kier alpha value is -3.46. The molecule has 2 aromatic carbocycles. The van der Waals surface area contributed by atoms with Crippen LogP contribution in [-0.4, -0.2) is 4.98 Å². The molecule has 33 heavy (non-hydrogen) atoms. The Bertz CT molecular complexity index is 2020. The smallest absolute Gasteiger partial charge is 0.216 e. The fraction of sp³-hybridized carbons (Fsp3) is 0.267. The van der Waals surface area contributed by atoms with Gasteiger partial charge in [-0.3, -0.25) is 4.98 Å². The molecule has 0 fully saturated rings. The molecule has 1 aliphatic carbocycles. The molecule has 0 unspecified atom stereocenters. The van der Waals surface area contributed by atoms with Crippen LogP contribution in [0.5, 0.6) is 0 Å². The highest BCUT2D eigenvalue weighted by molar-refractivity contribution is 6.14. The van der Waals surface area contributed by atoms with Crippen molar-refractivity contribution in [1.82, 2.24) is 4.98 Å². The van der Waals surface area contributed by atoms with Crippen molar-refractivity contribution in [2.75, 3.05) is 0 Å². The van der Waals surface area contributed by atoms with Crippen molar-refractivity contribution in [2.24, 2.45) is 7.05 Å². The van der Waals surface area contributed by atoms with Crippen LogP contribution >= 0.6 is 0 Å². The van der Waals surface area contributed by atoms with Crippen LogP contribution in [0.4, 0.5) is 0 Å². The third-order valence-corrected chi connectivity index (χ3v) is 6.57. The van der Waals surface area contributed by atoms with Gasteiger partial charge in [0, 0.05) is 57.9 Å². The molecule has 3 aromatic heterocycles. The molecular weight excluding hydrogens is 404 g/mol. The Labute approximate surface area is 213 Å². The molecule has 3 nitrogen and oxygen atoms in total. The fourth-order valence-corrected chi connectivity index (χ4v) is 4.89. The Morgan fingerprint density at radius 2 is 1.79 bits per heavy atom. The van der Waals surface area contributed by atoms with E-state index in [4.69, 9.17) is 22.2 Å².